The number of benzene rings is 2. The van der Waals surface area contributed by atoms with Crippen molar-refractivity contribution in [2.45, 2.75) is 19.4 Å². The first-order valence-electron chi connectivity index (χ1n) is 9.76. The van der Waals surface area contributed by atoms with Gasteiger partial charge < -0.3 is 15.5 Å². The Bertz CT molecular complexity index is 1020. The number of hydrogen-bond acceptors (Lipinski definition) is 5. The molecule has 0 bridgehead atoms. The van der Waals surface area contributed by atoms with E-state index in [1.165, 1.54) is 5.56 Å². The van der Waals surface area contributed by atoms with E-state index < -0.39 is 6.04 Å². The number of fused-ring (bicyclic) bond motifs is 1. The summed E-state index contributed by atoms with van der Waals surface area (Å²) in [6.07, 6.45) is 2.11. The lowest BCUT2D eigenvalue weighted by Gasteiger charge is -2.36. The summed E-state index contributed by atoms with van der Waals surface area (Å²) in [5.41, 5.74) is 9.32. The zero-order chi connectivity index (χ0) is 20.4. The Morgan fingerprint density at radius 1 is 1.10 bits per heavy atom. The lowest BCUT2D eigenvalue weighted by molar-refractivity contribution is -0.132. The van der Waals surface area contributed by atoms with Gasteiger partial charge in [0.1, 0.15) is 12.1 Å². The second-order valence-corrected chi connectivity index (χ2v) is 7.90. The molecule has 1 atom stereocenters. The van der Waals surface area contributed by atoms with Gasteiger partial charge >= 0.3 is 0 Å². The lowest BCUT2D eigenvalue weighted by Crippen LogP contribution is -2.53. The van der Waals surface area contributed by atoms with E-state index in [4.69, 9.17) is 17.3 Å². The van der Waals surface area contributed by atoms with Crippen LogP contribution in [0.1, 0.15) is 11.1 Å². The van der Waals surface area contributed by atoms with Crippen molar-refractivity contribution in [3.63, 3.8) is 0 Å². The molecule has 0 spiro atoms. The molecule has 4 rings (SSSR count). The number of carbonyl (C=O) groups is 1. The summed E-state index contributed by atoms with van der Waals surface area (Å²) in [6, 6.07) is 13.1. The number of amides is 1. The molecule has 1 fully saturated rings. The van der Waals surface area contributed by atoms with Gasteiger partial charge in [-0.1, -0.05) is 29.8 Å². The van der Waals surface area contributed by atoms with Crippen LogP contribution < -0.4 is 10.6 Å². The van der Waals surface area contributed by atoms with Gasteiger partial charge in [0, 0.05) is 36.6 Å². The van der Waals surface area contributed by atoms with Crippen molar-refractivity contribution in [1.82, 2.24) is 14.9 Å². The number of aryl methyl sites for hydroxylation is 1. The SMILES string of the molecule is Cc1ccc2c(N3CCN(C(=O)[C@H](N)Cc4ccc(Cl)cc4)CC3)ncnc2c1. The topological polar surface area (TPSA) is 75.3 Å². The van der Waals surface area contributed by atoms with E-state index in [0.29, 0.717) is 24.5 Å². The largest absolute Gasteiger partial charge is 0.352 e. The van der Waals surface area contributed by atoms with Crippen LogP contribution in [-0.4, -0.2) is 53.0 Å². The van der Waals surface area contributed by atoms with Crippen LogP contribution in [0, 0.1) is 6.92 Å². The monoisotopic (exact) mass is 409 g/mol. The maximum Gasteiger partial charge on any atom is 0.239 e. The number of nitrogens with zero attached hydrogens (tertiary/aromatic N) is 4. The van der Waals surface area contributed by atoms with Crippen molar-refractivity contribution in [3.8, 4) is 0 Å². The van der Waals surface area contributed by atoms with Gasteiger partial charge in [0.15, 0.2) is 0 Å². The minimum absolute atomic E-state index is 0.0113. The van der Waals surface area contributed by atoms with E-state index in [1.807, 2.05) is 29.2 Å². The molecule has 150 valence electrons. The van der Waals surface area contributed by atoms with E-state index >= 15 is 0 Å². The summed E-state index contributed by atoms with van der Waals surface area (Å²) in [6.45, 7) is 4.76. The highest BCUT2D eigenvalue weighted by Gasteiger charge is 2.26. The van der Waals surface area contributed by atoms with Crippen LogP contribution in [0.4, 0.5) is 5.82 Å². The highest BCUT2D eigenvalue weighted by molar-refractivity contribution is 6.30. The van der Waals surface area contributed by atoms with Crippen LogP contribution in [-0.2, 0) is 11.2 Å². The minimum Gasteiger partial charge on any atom is -0.352 e. The summed E-state index contributed by atoms with van der Waals surface area (Å²) in [4.78, 5) is 25.7. The Morgan fingerprint density at radius 3 is 2.55 bits per heavy atom. The molecular formula is C22H24ClN5O. The first-order valence-corrected chi connectivity index (χ1v) is 10.1. The molecule has 1 amide bonds. The average Bonchev–Trinajstić information content (AvgIpc) is 2.74. The third kappa shape index (κ3) is 4.33. The molecule has 1 aliphatic rings. The zero-order valence-electron chi connectivity index (χ0n) is 16.4. The van der Waals surface area contributed by atoms with Crippen molar-refractivity contribution in [1.29, 1.82) is 0 Å². The predicted molar refractivity (Wildman–Crippen MR) is 116 cm³/mol. The molecule has 29 heavy (non-hydrogen) atoms. The van der Waals surface area contributed by atoms with Crippen molar-refractivity contribution in [2.75, 3.05) is 31.1 Å². The van der Waals surface area contributed by atoms with Crippen molar-refractivity contribution >= 4 is 34.2 Å². The van der Waals surface area contributed by atoms with Gasteiger partial charge in [0.05, 0.1) is 11.6 Å². The van der Waals surface area contributed by atoms with Gasteiger partial charge in [-0.05, 0) is 48.7 Å². The lowest BCUT2D eigenvalue weighted by atomic mass is 10.1. The zero-order valence-corrected chi connectivity index (χ0v) is 17.1. The van der Waals surface area contributed by atoms with Crippen LogP contribution in [0.3, 0.4) is 0 Å². The molecule has 1 aromatic heterocycles. The molecule has 2 N–H and O–H groups in total. The maximum atomic E-state index is 12.8. The molecule has 0 aliphatic carbocycles. The van der Waals surface area contributed by atoms with Crippen LogP contribution >= 0.6 is 11.6 Å². The van der Waals surface area contributed by atoms with E-state index in [9.17, 15) is 4.79 Å². The van der Waals surface area contributed by atoms with Gasteiger partial charge in [-0.2, -0.15) is 0 Å². The van der Waals surface area contributed by atoms with Crippen molar-refractivity contribution in [3.05, 3.63) is 64.9 Å². The molecule has 1 saturated heterocycles. The van der Waals surface area contributed by atoms with Gasteiger partial charge in [-0.25, -0.2) is 9.97 Å². The number of halogens is 1. The van der Waals surface area contributed by atoms with Crippen LogP contribution in [0.25, 0.3) is 10.9 Å². The summed E-state index contributed by atoms with van der Waals surface area (Å²) >= 11 is 5.92. The quantitative estimate of drug-likeness (QED) is 0.717. The smallest absolute Gasteiger partial charge is 0.239 e. The number of rotatable bonds is 4. The summed E-state index contributed by atoms with van der Waals surface area (Å²) in [7, 11) is 0. The number of nitrogens with two attached hydrogens (primary N) is 1. The highest BCUT2D eigenvalue weighted by atomic mass is 35.5. The molecule has 1 aliphatic heterocycles. The number of aromatic nitrogens is 2. The molecule has 0 radical (unpaired) electrons. The maximum absolute atomic E-state index is 12.8. The van der Waals surface area contributed by atoms with Gasteiger partial charge in [-0.15, -0.1) is 0 Å². The molecule has 3 aromatic rings. The number of carbonyl (C=O) groups excluding carboxylic acids is 1. The predicted octanol–water partition coefficient (Wildman–Crippen LogP) is 2.81. The second-order valence-electron chi connectivity index (χ2n) is 7.47. The summed E-state index contributed by atoms with van der Waals surface area (Å²) in [5.74, 6) is 0.912. The highest BCUT2D eigenvalue weighted by Crippen LogP contribution is 2.24. The summed E-state index contributed by atoms with van der Waals surface area (Å²) < 4.78 is 0. The Kier molecular flexibility index (Phi) is 5.65. The molecule has 0 saturated carbocycles. The molecule has 2 heterocycles. The average molecular weight is 410 g/mol. The summed E-state index contributed by atoms with van der Waals surface area (Å²) in [5, 5.41) is 1.72. The van der Waals surface area contributed by atoms with Crippen molar-refractivity contribution < 1.29 is 4.79 Å². The Morgan fingerprint density at radius 2 is 1.83 bits per heavy atom. The van der Waals surface area contributed by atoms with Gasteiger partial charge in [0.2, 0.25) is 5.91 Å². The Labute approximate surface area is 175 Å². The van der Waals surface area contributed by atoms with E-state index in [2.05, 4.69) is 40.0 Å². The first kappa shape index (κ1) is 19.6. The molecule has 7 heteroatoms. The Hall–Kier alpha value is -2.70. The van der Waals surface area contributed by atoms with Crippen molar-refractivity contribution in [2.24, 2.45) is 5.73 Å². The fraction of sp³-hybridized carbons (Fsp3) is 0.318. The fourth-order valence-corrected chi connectivity index (χ4v) is 3.87. The van der Waals surface area contributed by atoms with Crippen LogP contribution in [0.15, 0.2) is 48.8 Å². The first-order chi connectivity index (χ1) is 14.0. The molecule has 0 unspecified atom stereocenters. The van der Waals surface area contributed by atoms with E-state index in [-0.39, 0.29) is 5.91 Å². The van der Waals surface area contributed by atoms with Crippen LogP contribution in [0.5, 0.6) is 0 Å². The molecule has 2 aromatic carbocycles. The standard InChI is InChI=1S/C22H24ClN5O/c1-15-2-7-18-20(12-15)25-14-26-21(18)27-8-10-28(11-9-27)22(29)19(24)13-16-3-5-17(23)6-4-16/h2-7,12,14,19H,8-11,13,24H2,1H3/t19-/m1/s1. The van der Waals surface area contributed by atoms with E-state index in [1.54, 1.807) is 6.33 Å². The second kappa shape index (κ2) is 8.35. The van der Waals surface area contributed by atoms with E-state index in [0.717, 1.165) is 35.4 Å². The fourth-order valence-electron chi connectivity index (χ4n) is 3.74. The van der Waals surface area contributed by atoms with Crippen LogP contribution in [0.2, 0.25) is 5.02 Å². The third-order valence-corrected chi connectivity index (χ3v) is 5.60. The molecule has 6 nitrogen and oxygen atoms in total. The normalized spacial score (nSPS) is 15.6. The third-order valence-electron chi connectivity index (χ3n) is 5.35. The van der Waals surface area contributed by atoms with Gasteiger partial charge in [-0.3, -0.25) is 4.79 Å². The Balaban J connectivity index is 1.40. The number of piperazine rings is 1. The minimum atomic E-state index is -0.550. The molecular weight excluding hydrogens is 386 g/mol. The van der Waals surface area contributed by atoms with Gasteiger partial charge in [0.25, 0.3) is 0 Å². The number of hydrogen-bond donors (Lipinski definition) is 1. The number of anilines is 1.